The fourth-order valence-corrected chi connectivity index (χ4v) is 2.26. The molecule has 0 aromatic rings. The number of aliphatic hydroxyl groups excluding tert-OH is 7. The van der Waals surface area contributed by atoms with Crippen molar-refractivity contribution >= 4 is 0 Å². The van der Waals surface area contributed by atoms with Gasteiger partial charge < -0.3 is 50.0 Å². The Bertz CT molecular complexity index is 341. The summed E-state index contributed by atoms with van der Waals surface area (Å²) >= 11 is 0. The Morgan fingerprint density at radius 1 is 0.714 bits per heavy atom. The summed E-state index contributed by atoms with van der Waals surface area (Å²) in [5.41, 5.74) is 0. The van der Waals surface area contributed by atoms with E-state index in [0.717, 1.165) is 0 Å². The maximum atomic E-state index is 9.70. The molecule has 0 saturated carbocycles. The lowest BCUT2D eigenvalue weighted by Crippen LogP contribution is -2.58. The highest BCUT2D eigenvalue weighted by Gasteiger charge is 2.46. The van der Waals surface area contributed by atoms with Crippen LogP contribution in [0.5, 0.6) is 0 Å². The molecule has 2 heterocycles. The SMILES string of the molecule is OC[C@@H]1O[C@H](OC[C@H]2O[C@@H](O)[C@H](O)[C@@H](O)[C@@H]2O)[C@H](O)[C@H]1O. The average Bonchev–Trinajstić information content (AvgIpc) is 2.75. The smallest absolute Gasteiger partial charge is 0.186 e. The van der Waals surface area contributed by atoms with Crippen molar-refractivity contribution in [2.45, 2.75) is 55.3 Å². The second-order valence-corrected chi connectivity index (χ2v) is 5.08. The van der Waals surface area contributed by atoms with Gasteiger partial charge in [0.2, 0.25) is 0 Å². The maximum absolute atomic E-state index is 9.70. The molecule has 2 aliphatic rings. The Kier molecular flexibility index (Phi) is 5.48. The van der Waals surface area contributed by atoms with E-state index in [4.69, 9.17) is 19.3 Å². The van der Waals surface area contributed by atoms with E-state index < -0.39 is 61.9 Å². The minimum absolute atomic E-state index is 0.380. The van der Waals surface area contributed by atoms with E-state index in [1.54, 1.807) is 0 Å². The standard InChI is InChI=1S/C11H20O10/c12-1-3-5(13)9(17)11(21-3)19-2-4-6(14)7(15)8(16)10(18)20-4/h3-18H,1-2H2/t3-,4+,5-,6+,7-,8+,9+,10+,11-/m0/s1. The van der Waals surface area contributed by atoms with E-state index in [1.807, 2.05) is 0 Å². The summed E-state index contributed by atoms with van der Waals surface area (Å²) in [7, 11) is 0. The summed E-state index contributed by atoms with van der Waals surface area (Å²) in [6.07, 6.45) is -12.6. The molecule has 0 bridgehead atoms. The molecule has 21 heavy (non-hydrogen) atoms. The van der Waals surface area contributed by atoms with Gasteiger partial charge >= 0.3 is 0 Å². The van der Waals surface area contributed by atoms with Crippen LogP contribution in [0.4, 0.5) is 0 Å². The molecule has 10 heteroatoms. The first-order valence-electron chi connectivity index (χ1n) is 6.48. The summed E-state index contributed by atoms with van der Waals surface area (Å²) in [5, 5.41) is 66.0. The largest absolute Gasteiger partial charge is 0.394 e. The van der Waals surface area contributed by atoms with Crippen LogP contribution < -0.4 is 0 Å². The number of rotatable bonds is 4. The van der Waals surface area contributed by atoms with Gasteiger partial charge in [-0.15, -0.1) is 0 Å². The zero-order valence-electron chi connectivity index (χ0n) is 11.0. The van der Waals surface area contributed by atoms with Crippen LogP contribution in [0.2, 0.25) is 0 Å². The van der Waals surface area contributed by atoms with Crippen LogP contribution in [-0.4, -0.2) is 104 Å². The first kappa shape index (κ1) is 17.0. The molecule has 0 unspecified atom stereocenters. The zero-order chi connectivity index (χ0) is 15.7. The number of hydrogen-bond acceptors (Lipinski definition) is 10. The van der Waals surface area contributed by atoms with Gasteiger partial charge in [-0.2, -0.15) is 0 Å². The molecule has 0 radical (unpaired) electrons. The minimum atomic E-state index is -1.69. The van der Waals surface area contributed by atoms with E-state index in [0.29, 0.717) is 0 Å². The van der Waals surface area contributed by atoms with Crippen LogP contribution in [0.15, 0.2) is 0 Å². The normalized spacial score (nSPS) is 51.3. The Morgan fingerprint density at radius 2 is 1.33 bits per heavy atom. The van der Waals surface area contributed by atoms with Gasteiger partial charge in [-0.1, -0.05) is 0 Å². The summed E-state index contributed by atoms with van der Waals surface area (Å²) < 4.78 is 15.1. The zero-order valence-corrected chi connectivity index (χ0v) is 11.0. The third-order valence-corrected chi connectivity index (χ3v) is 3.61. The van der Waals surface area contributed by atoms with Gasteiger partial charge in [-0.3, -0.25) is 0 Å². The molecule has 10 nitrogen and oxygen atoms in total. The molecule has 0 aliphatic carbocycles. The van der Waals surface area contributed by atoms with Crippen LogP contribution in [0.1, 0.15) is 0 Å². The highest BCUT2D eigenvalue weighted by molar-refractivity contribution is 4.90. The van der Waals surface area contributed by atoms with Gasteiger partial charge in [0, 0.05) is 0 Å². The van der Waals surface area contributed by atoms with Gasteiger partial charge in [0.05, 0.1) is 13.2 Å². The van der Waals surface area contributed by atoms with Crippen molar-refractivity contribution in [2.75, 3.05) is 13.2 Å². The molecule has 0 amide bonds. The van der Waals surface area contributed by atoms with Crippen molar-refractivity contribution in [1.82, 2.24) is 0 Å². The quantitative estimate of drug-likeness (QED) is 0.267. The van der Waals surface area contributed by atoms with Gasteiger partial charge in [0.25, 0.3) is 0 Å². The lowest BCUT2D eigenvalue weighted by molar-refractivity contribution is -0.297. The molecule has 2 fully saturated rings. The molecule has 2 saturated heterocycles. The Balaban J connectivity index is 1.88. The summed E-state index contributed by atoms with van der Waals surface area (Å²) in [6, 6.07) is 0. The summed E-state index contributed by atoms with van der Waals surface area (Å²) in [5.74, 6) is 0. The molecule has 9 atom stereocenters. The topological polar surface area (TPSA) is 169 Å². The van der Waals surface area contributed by atoms with Crippen molar-refractivity contribution < 1.29 is 50.0 Å². The predicted molar refractivity (Wildman–Crippen MR) is 62.6 cm³/mol. The van der Waals surface area contributed by atoms with Crippen molar-refractivity contribution in [3.63, 3.8) is 0 Å². The first-order valence-corrected chi connectivity index (χ1v) is 6.48. The lowest BCUT2D eigenvalue weighted by atomic mass is 9.99. The second-order valence-electron chi connectivity index (χ2n) is 5.08. The molecular formula is C11H20O10. The summed E-state index contributed by atoms with van der Waals surface area (Å²) in [4.78, 5) is 0. The van der Waals surface area contributed by atoms with Gasteiger partial charge in [-0.05, 0) is 0 Å². The van der Waals surface area contributed by atoms with E-state index in [1.165, 1.54) is 0 Å². The van der Waals surface area contributed by atoms with Crippen LogP contribution >= 0.6 is 0 Å². The van der Waals surface area contributed by atoms with Crippen molar-refractivity contribution in [3.8, 4) is 0 Å². The van der Waals surface area contributed by atoms with E-state index in [2.05, 4.69) is 0 Å². The highest BCUT2D eigenvalue weighted by atomic mass is 16.7. The Morgan fingerprint density at radius 3 is 1.90 bits per heavy atom. The monoisotopic (exact) mass is 312 g/mol. The third-order valence-electron chi connectivity index (χ3n) is 3.61. The molecule has 0 aromatic heterocycles. The van der Waals surface area contributed by atoms with E-state index in [9.17, 15) is 30.6 Å². The van der Waals surface area contributed by atoms with E-state index in [-0.39, 0.29) is 6.61 Å². The Hall–Kier alpha value is -0.400. The van der Waals surface area contributed by atoms with Crippen LogP contribution in [-0.2, 0) is 14.2 Å². The number of aliphatic hydroxyl groups is 7. The van der Waals surface area contributed by atoms with Crippen molar-refractivity contribution in [2.24, 2.45) is 0 Å². The molecule has 7 N–H and O–H groups in total. The van der Waals surface area contributed by atoms with E-state index >= 15 is 0 Å². The van der Waals surface area contributed by atoms with Crippen molar-refractivity contribution in [1.29, 1.82) is 0 Å². The average molecular weight is 312 g/mol. The summed E-state index contributed by atoms with van der Waals surface area (Å²) in [6.45, 7) is -0.890. The third kappa shape index (κ3) is 3.35. The molecular weight excluding hydrogens is 292 g/mol. The second kappa shape index (κ2) is 6.79. The predicted octanol–water partition coefficient (Wildman–Crippen LogP) is -4.76. The fraction of sp³-hybridized carbons (Fsp3) is 1.00. The van der Waals surface area contributed by atoms with Crippen molar-refractivity contribution in [3.05, 3.63) is 0 Å². The van der Waals surface area contributed by atoms with Crippen LogP contribution in [0, 0.1) is 0 Å². The first-order chi connectivity index (χ1) is 9.86. The Labute approximate surface area is 119 Å². The fourth-order valence-electron chi connectivity index (χ4n) is 2.26. The number of ether oxygens (including phenoxy) is 3. The molecule has 124 valence electrons. The molecule has 0 aromatic carbocycles. The molecule has 2 rings (SSSR count). The molecule has 2 aliphatic heterocycles. The van der Waals surface area contributed by atoms with Crippen LogP contribution in [0.3, 0.4) is 0 Å². The van der Waals surface area contributed by atoms with Crippen LogP contribution in [0.25, 0.3) is 0 Å². The molecule has 0 spiro atoms. The number of hydrogen-bond donors (Lipinski definition) is 7. The highest BCUT2D eigenvalue weighted by Crippen LogP contribution is 2.24. The maximum Gasteiger partial charge on any atom is 0.186 e. The van der Waals surface area contributed by atoms with Gasteiger partial charge in [0.1, 0.15) is 42.7 Å². The van der Waals surface area contributed by atoms with Gasteiger partial charge in [0.15, 0.2) is 12.6 Å². The minimum Gasteiger partial charge on any atom is -0.394 e. The van der Waals surface area contributed by atoms with Gasteiger partial charge in [-0.25, -0.2) is 0 Å². The lowest BCUT2D eigenvalue weighted by Gasteiger charge is -2.38.